The molecule has 1 fully saturated rings. The SMILES string of the molecule is CCCC[C@H](OCc1ccc(OC)cc1)[C@@H](C[C@@H](N)COC1O[C@H](COCc2ccccc2)[C@H](OCc2ccccc2)[C@H](OCc2ccccc2)[C@H]1OCc1ccccc1)OCc1ccc(OC)cc1. The van der Waals surface area contributed by atoms with Gasteiger partial charge in [-0.1, -0.05) is 165 Å². The van der Waals surface area contributed by atoms with Crippen molar-refractivity contribution in [2.24, 2.45) is 5.73 Å². The van der Waals surface area contributed by atoms with Gasteiger partial charge < -0.3 is 53.1 Å². The van der Waals surface area contributed by atoms with Crippen molar-refractivity contribution in [3.63, 3.8) is 0 Å². The van der Waals surface area contributed by atoms with Crippen LogP contribution in [0.2, 0.25) is 0 Å². The zero-order valence-corrected chi connectivity index (χ0v) is 40.9. The van der Waals surface area contributed by atoms with Crippen molar-refractivity contribution in [1.82, 2.24) is 0 Å². The second-order valence-electron chi connectivity index (χ2n) is 17.7. The van der Waals surface area contributed by atoms with Crippen molar-refractivity contribution in [3.05, 3.63) is 203 Å². The van der Waals surface area contributed by atoms with Crippen LogP contribution in [0.15, 0.2) is 170 Å². The fourth-order valence-electron chi connectivity index (χ4n) is 8.43. The highest BCUT2D eigenvalue weighted by molar-refractivity contribution is 5.28. The smallest absolute Gasteiger partial charge is 0.187 e. The number of rotatable bonds is 30. The summed E-state index contributed by atoms with van der Waals surface area (Å²) in [5.41, 5.74) is 13.3. The van der Waals surface area contributed by atoms with E-state index in [1.54, 1.807) is 14.2 Å². The first-order chi connectivity index (χ1) is 34.5. The Balaban J connectivity index is 1.15. The van der Waals surface area contributed by atoms with Crippen LogP contribution >= 0.6 is 0 Å². The number of unbranched alkanes of at least 4 members (excludes halogenated alkanes) is 1. The summed E-state index contributed by atoms with van der Waals surface area (Å²) in [5, 5.41) is 0. The molecule has 70 heavy (non-hydrogen) atoms. The highest BCUT2D eigenvalue weighted by Crippen LogP contribution is 2.32. The summed E-state index contributed by atoms with van der Waals surface area (Å²) < 4.78 is 65.3. The molecule has 1 aliphatic rings. The summed E-state index contributed by atoms with van der Waals surface area (Å²) >= 11 is 0. The first-order valence-electron chi connectivity index (χ1n) is 24.6. The molecule has 1 heterocycles. The lowest BCUT2D eigenvalue weighted by Gasteiger charge is -2.46. The van der Waals surface area contributed by atoms with Crippen LogP contribution in [-0.2, 0) is 77.5 Å². The molecule has 1 unspecified atom stereocenters. The molecule has 0 amide bonds. The summed E-state index contributed by atoms with van der Waals surface area (Å²) in [5.74, 6) is 1.58. The first-order valence-corrected chi connectivity index (χ1v) is 24.6. The molecule has 11 heteroatoms. The van der Waals surface area contributed by atoms with Gasteiger partial charge in [-0.15, -0.1) is 0 Å². The quantitative estimate of drug-likeness (QED) is 0.0465. The van der Waals surface area contributed by atoms with E-state index in [9.17, 15) is 0 Å². The first kappa shape index (κ1) is 52.4. The molecule has 0 spiro atoms. The fraction of sp³-hybridized carbons (Fsp3) is 0.390. The van der Waals surface area contributed by atoms with Crippen molar-refractivity contribution in [3.8, 4) is 11.5 Å². The van der Waals surface area contributed by atoms with Gasteiger partial charge in [-0.3, -0.25) is 0 Å². The number of benzene rings is 6. The maximum atomic E-state index is 7.13. The topological polar surface area (TPSA) is 118 Å². The van der Waals surface area contributed by atoms with Crippen molar-refractivity contribution >= 4 is 0 Å². The number of hydrogen-bond donors (Lipinski definition) is 1. The van der Waals surface area contributed by atoms with Gasteiger partial charge in [-0.25, -0.2) is 0 Å². The van der Waals surface area contributed by atoms with E-state index in [4.69, 9.17) is 53.1 Å². The highest BCUT2D eigenvalue weighted by Gasteiger charge is 2.49. The summed E-state index contributed by atoms with van der Waals surface area (Å²) in [6, 6.07) is 55.8. The number of ether oxygens (including phenoxy) is 10. The van der Waals surface area contributed by atoms with Crippen molar-refractivity contribution in [2.45, 2.75) is 121 Å². The monoisotopic (exact) mass is 954 g/mol. The van der Waals surface area contributed by atoms with Crippen LogP contribution in [-0.4, -0.2) is 76.4 Å². The van der Waals surface area contributed by atoms with Gasteiger partial charge in [0.05, 0.1) is 79.3 Å². The molecule has 372 valence electrons. The molecule has 0 aromatic heterocycles. The van der Waals surface area contributed by atoms with Gasteiger partial charge >= 0.3 is 0 Å². The third kappa shape index (κ3) is 16.9. The van der Waals surface area contributed by atoms with Crippen LogP contribution in [0, 0.1) is 0 Å². The average Bonchev–Trinajstić information content (AvgIpc) is 3.41. The molecular weight excluding hydrogens is 883 g/mol. The molecule has 7 rings (SSSR count). The lowest BCUT2D eigenvalue weighted by molar-refractivity contribution is -0.329. The molecule has 0 saturated carbocycles. The van der Waals surface area contributed by atoms with Gasteiger partial charge in [0.2, 0.25) is 0 Å². The molecular formula is C59H71NO10. The molecule has 0 bridgehead atoms. The molecule has 2 N–H and O–H groups in total. The van der Waals surface area contributed by atoms with E-state index in [2.05, 4.69) is 6.92 Å². The second-order valence-corrected chi connectivity index (χ2v) is 17.7. The third-order valence-electron chi connectivity index (χ3n) is 12.4. The van der Waals surface area contributed by atoms with Crippen LogP contribution in [0.3, 0.4) is 0 Å². The molecule has 11 nitrogen and oxygen atoms in total. The van der Waals surface area contributed by atoms with Gasteiger partial charge in [0.1, 0.15) is 35.9 Å². The molecule has 6 aromatic carbocycles. The minimum Gasteiger partial charge on any atom is -0.497 e. The van der Waals surface area contributed by atoms with E-state index in [1.165, 1.54) is 0 Å². The molecule has 8 atom stereocenters. The van der Waals surface area contributed by atoms with Crippen LogP contribution < -0.4 is 15.2 Å². The van der Waals surface area contributed by atoms with E-state index in [0.717, 1.165) is 64.1 Å². The molecule has 1 aliphatic heterocycles. The van der Waals surface area contributed by atoms with Gasteiger partial charge in [-0.2, -0.15) is 0 Å². The van der Waals surface area contributed by atoms with E-state index in [0.29, 0.717) is 46.1 Å². The Morgan fingerprint density at radius 1 is 0.471 bits per heavy atom. The Labute approximate surface area is 415 Å². The van der Waals surface area contributed by atoms with E-state index in [-0.39, 0.29) is 25.4 Å². The summed E-state index contributed by atoms with van der Waals surface area (Å²) in [6.07, 6.45) is -0.868. The maximum absolute atomic E-state index is 7.13. The molecule has 0 radical (unpaired) electrons. The molecule has 6 aromatic rings. The predicted molar refractivity (Wildman–Crippen MR) is 271 cm³/mol. The average molecular weight is 954 g/mol. The second kappa shape index (κ2) is 29.0. The van der Waals surface area contributed by atoms with Crippen LogP contribution in [0.4, 0.5) is 0 Å². The summed E-state index contributed by atoms with van der Waals surface area (Å²) in [6.45, 7) is 4.63. The van der Waals surface area contributed by atoms with Gasteiger partial charge in [0.25, 0.3) is 0 Å². The van der Waals surface area contributed by atoms with Crippen LogP contribution in [0.25, 0.3) is 0 Å². The van der Waals surface area contributed by atoms with E-state index >= 15 is 0 Å². The zero-order chi connectivity index (χ0) is 48.6. The van der Waals surface area contributed by atoms with Gasteiger partial charge in [0, 0.05) is 6.04 Å². The zero-order valence-electron chi connectivity index (χ0n) is 40.9. The van der Waals surface area contributed by atoms with Crippen molar-refractivity contribution < 1.29 is 47.4 Å². The Kier molecular flexibility index (Phi) is 21.7. The predicted octanol–water partition coefficient (Wildman–Crippen LogP) is 10.8. The third-order valence-corrected chi connectivity index (χ3v) is 12.4. The number of hydrogen-bond acceptors (Lipinski definition) is 11. The Hall–Kier alpha value is -5.44. The maximum Gasteiger partial charge on any atom is 0.187 e. The van der Waals surface area contributed by atoms with Crippen LogP contribution in [0.5, 0.6) is 11.5 Å². The lowest BCUT2D eigenvalue weighted by atomic mass is 9.97. The number of methoxy groups -OCH3 is 2. The summed E-state index contributed by atoms with van der Waals surface area (Å²) in [4.78, 5) is 0. The standard InChI is InChI=1S/C59H71NO10/c1-4-5-26-53(64-37-48-27-31-51(61-2)32-28-48)54(65-38-49-29-33-52(62-3)34-30-49)35-50(60)42-69-59-58(68-41-47-24-16-9-17-25-47)57(67-40-46-22-14-8-15-23-46)56(66-39-45-20-12-7-13-21-45)55(70-59)43-63-36-44-18-10-6-11-19-44/h6-25,27-34,50,53-59H,4-5,26,35-43,60H2,1-3H3/t50-,53+,54-,55-,56+,57+,58-,59?/m1/s1. The Morgan fingerprint density at radius 2 is 0.900 bits per heavy atom. The largest absolute Gasteiger partial charge is 0.497 e. The van der Waals surface area contributed by atoms with Gasteiger partial charge in [-0.05, 0) is 70.5 Å². The highest BCUT2D eigenvalue weighted by atomic mass is 16.7. The lowest BCUT2D eigenvalue weighted by Crippen LogP contribution is -2.62. The van der Waals surface area contributed by atoms with E-state index in [1.807, 2.05) is 170 Å². The number of nitrogens with two attached hydrogens (primary N) is 1. The molecule has 1 saturated heterocycles. The fourth-order valence-corrected chi connectivity index (χ4v) is 8.43. The van der Waals surface area contributed by atoms with E-state index < -0.39 is 36.7 Å². The van der Waals surface area contributed by atoms with Crippen molar-refractivity contribution in [1.29, 1.82) is 0 Å². The molecule has 0 aliphatic carbocycles. The van der Waals surface area contributed by atoms with Gasteiger partial charge in [0.15, 0.2) is 6.29 Å². The Bertz CT molecular complexity index is 2290. The minimum absolute atomic E-state index is 0.135. The van der Waals surface area contributed by atoms with Crippen molar-refractivity contribution in [2.75, 3.05) is 27.4 Å². The Morgan fingerprint density at radius 3 is 1.37 bits per heavy atom. The minimum atomic E-state index is -0.904. The summed E-state index contributed by atoms with van der Waals surface area (Å²) in [7, 11) is 3.33. The van der Waals surface area contributed by atoms with Crippen LogP contribution in [0.1, 0.15) is 66.0 Å². The normalized spacial score (nSPS) is 19.3.